The fourth-order valence-corrected chi connectivity index (χ4v) is 4.47. The molecule has 2 fully saturated rings. The van der Waals surface area contributed by atoms with Crippen molar-refractivity contribution in [2.75, 3.05) is 0 Å². The van der Waals surface area contributed by atoms with Gasteiger partial charge in [-0.1, -0.05) is 32.4 Å². The van der Waals surface area contributed by atoms with Crippen molar-refractivity contribution in [3.8, 4) is 5.75 Å². The smallest absolute Gasteiger partial charge is 0.495 e. The van der Waals surface area contributed by atoms with Crippen LogP contribution in [-0.4, -0.2) is 26.6 Å². The molecule has 6 heteroatoms. The highest BCUT2D eigenvalue weighted by Gasteiger charge is 2.53. The Morgan fingerprint density at radius 1 is 1.07 bits per heavy atom. The van der Waals surface area contributed by atoms with E-state index in [0.29, 0.717) is 5.92 Å². The summed E-state index contributed by atoms with van der Waals surface area (Å²) in [6.45, 7) is 19.6. The van der Waals surface area contributed by atoms with Crippen molar-refractivity contribution in [2.24, 2.45) is 0 Å². The molecule has 27 heavy (non-hydrogen) atoms. The van der Waals surface area contributed by atoms with E-state index in [1.54, 1.807) is 0 Å². The second kappa shape index (κ2) is 6.51. The molecule has 0 unspecified atom stereocenters. The normalized spacial score (nSPS) is 22.2. The predicted octanol–water partition coefficient (Wildman–Crippen LogP) is 5.90. The highest BCUT2D eigenvalue weighted by Crippen LogP contribution is 2.46. The van der Waals surface area contributed by atoms with Gasteiger partial charge < -0.3 is 13.7 Å². The average Bonchev–Trinajstić information content (AvgIpc) is 3.24. The van der Waals surface area contributed by atoms with Crippen LogP contribution >= 0.6 is 11.6 Å². The maximum atomic E-state index is 6.76. The molecule has 0 aromatic heterocycles. The maximum absolute atomic E-state index is 6.76. The fraction of sp³-hybridized carbons (Fsp3) is 0.714. The quantitative estimate of drug-likeness (QED) is 0.580. The van der Waals surface area contributed by atoms with Crippen LogP contribution in [0.2, 0.25) is 23.2 Å². The minimum atomic E-state index is -1.96. The van der Waals surface area contributed by atoms with E-state index in [2.05, 4.69) is 67.6 Å². The maximum Gasteiger partial charge on any atom is 0.495 e. The second-order valence-electron chi connectivity index (χ2n) is 10.6. The van der Waals surface area contributed by atoms with Crippen molar-refractivity contribution in [3.63, 3.8) is 0 Å². The molecule has 0 bridgehead atoms. The first-order valence-corrected chi connectivity index (χ1v) is 13.3. The van der Waals surface area contributed by atoms with Crippen LogP contribution in [0.4, 0.5) is 0 Å². The second-order valence-corrected chi connectivity index (χ2v) is 15.8. The Morgan fingerprint density at radius 3 is 2.04 bits per heavy atom. The molecule has 0 N–H and O–H groups in total. The summed E-state index contributed by atoms with van der Waals surface area (Å²) >= 11 is 6.76. The lowest BCUT2D eigenvalue weighted by atomic mass is 9.74. The van der Waals surface area contributed by atoms with Crippen LogP contribution in [0.1, 0.15) is 72.8 Å². The van der Waals surface area contributed by atoms with Gasteiger partial charge in [0.05, 0.1) is 11.2 Å². The van der Waals surface area contributed by atoms with Gasteiger partial charge >= 0.3 is 7.12 Å². The molecule has 150 valence electrons. The summed E-state index contributed by atoms with van der Waals surface area (Å²) in [6.07, 6.45) is 2.35. The van der Waals surface area contributed by atoms with Crippen LogP contribution in [0.15, 0.2) is 12.1 Å². The SMILES string of the molecule is CC1(C)OB(c2cc(O[Si](C)(C)C(C)(C)C)cc(Cl)c2C2CC2)OC1(C)C. The van der Waals surface area contributed by atoms with Crippen LogP contribution in [0, 0.1) is 0 Å². The Morgan fingerprint density at radius 2 is 1.59 bits per heavy atom. The highest BCUT2D eigenvalue weighted by atomic mass is 35.5. The summed E-state index contributed by atoms with van der Waals surface area (Å²) in [7, 11) is -2.37. The zero-order valence-electron chi connectivity index (χ0n) is 18.3. The van der Waals surface area contributed by atoms with Gasteiger partial charge in [0.25, 0.3) is 0 Å². The molecule has 1 aromatic carbocycles. The summed E-state index contributed by atoms with van der Waals surface area (Å²) in [6, 6.07) is 4.10. The number of hydrogen-bond donors (Lipinski definition) is 0. The molecular formula is C21H34BClO3Si. The Labute approximate surface area is 171 Å². The standard InChI is InChI=1S/C21H34BClO3Si/c1-19(2,3)27(8,9)24-15-12-16(18(14-10-11-14)17(23)13-15)22-25-20(4,5)21(6,7)26-22/h12-14H,10-11H2,1-9H3. The molecule has 1 aliphatic heterocycles. The zero-order chi connectivity index (χ0) is 20.4. The molecule has 3 rings (SSSR count). The lowest BCUT2D eigenvalue weighted by Crippen LogP contribution is -2.44. The molecular weight excluding hydrogens is 375 g/mol. The summed E-state index contributed by atoms with van der Waals surface area (Å²) in [5, 5.41) is 0.900. The van der Waals surface area contributed by atoms with Gasteiger partial charge in [0.1, 0.15) is 5.75 Å². The lowest BCUT2D eigenvalue weighted by Gasteiger charge is -2.36. The van der Waals surface area contributed by atoms with Crippen molar-refractivity contribution < 1.29 is 13.7 Å². The van der Waals surface area contributed by atoms with E-state index in [0.717, 1.165) is 16.2 Å². The average molecular weight is 409 g/mol. The van der Waals surface area contributed by atoms with E-state index in [1.807, 2.05) is 6.07 Å². The predicted molar refractivity (Wildman–Crippen MR) is 117 cm³/mol. The van der Waals surface area contributed by atoms with E-state index < -0.39 is 15.4 Å². The first-order chi connectivity index (χ1) is 12.1. The van der Waals surface area contributed by atoms with Gasteiger partial charge in [0, 0.05) is 5.02 Å². The number of benzene rings is 1. The number of halogens is 1. The van der Waals surface area contributed by atoms with Crippen molar-refractivity contribution in [3.05, 3.63) is 22.7 Å². The molecule has 0 atom stereocenters. The van der Waals surface area contributed by atoms with Crippen LogP contribution in [0.5, 0.6) is 5.75 Å². The molecule has 1 aliphatic carbocycles. The van der Waals surface area contributed by atoms with Gasteiger partial charge in [0.2, 0.25) is 8.32 Å². The van der Waals surface area contributed by atoms with E-state index in [4.69, 9.17) is 25.3 Å². The fourth-order valence-electron chi connectivity index (χ4n) is 3.09. The van der Waals surface area contributed by atoms with Crippen molar-refractivity contribution in [2.45, 2.75) is 96.6 Å². The molecule has 2 aliphatic rings. The van der Waals surface area contributed by atoms with E-state index >= 15 is 0 Å². The zero-order valence-corrected chi connectivity index (χ0v) is 20.1. The third kappa shape index (κ3) is 3.98. The van der Waals surface area contributed by atoms with Crippen LogP contribution in [-0.2, 0) is 9.31 Å². The van der Waals surface area contributed by atoms with E-state index in [-0.39, 0.29) is 16.2 Å². The Balaban J connectivity index is 2.01. The van der Waals surface area contributed by atoms with Crippen molar-refractivity contribution >= 4 is 32.5 Å². The molecule has 0 spiro atoms. The summed E-state index contributed by atoms with van der Waals surface area (Å²) in [4.78, 5) is 0. The van der Waals surface area contributed by atoms with Crippen LogP contribution in [0.3, 0.4) is 0 Å². The van der Waals surface area contributed by atoms with Gasteiger partial charge in [-0.05, 0) is 87.7 Å². The largest absolute Gasteiger partial charge is 0.543 e. The van der Waals surface area contributed by atoms with Gasteiger partial charge in [-0.25, -0.2) is 0 Å². The first-order valence-electron chi connectivity index (χ1n) is 10.0. The monoisotopic (exact) mass is 408 g/mol. The van der Waals surface area contributed by atoms with Gasteiger partial charge in [0.15, 0.2) is 0 Å². The molecule has 1 aromatic rings. The number of rotatable bonds is 4. The third-order valence-electron chi connectivity index (χ3n) is 6.81. The first kappa shape index (κ1) is 21.2. The Kier molecular flexibility index (Phi) is 5.12. The Hall–Kier alpha value is -0.488. The molecule has 3 nitrogen and oxygen atoms in total. The topological polar surface area (TPSA) is 27.7 Å². The van der Waals surface area contributed by atoms with Crippen LogP contribution < -0.4 is 9.89 Å². The van der Waals surface area contributed by atoms with Gasteiger partial charge in [-0.3, -0.25) is 0 Å². The van der Waals surface area contributed by atoms with Gasteiger partial charge in [-0.2, -0.15) is 0 Å². The van der Waals surface area contributed by atoms with E-state index in [9.17, 15) is 0 Å². The van der Waals surface area contributed by atoms with Crippen LogP contribution in [0.25, 0.3) is 0 Å². The molecule has 0 amide bonds. The summed E-state index contributed by atoms with van der Waals surface area (Å²) in [5.74, 6) is 1.34. The molecule has 1 saturated carbocycles. The third-order valence-corrected chi connectivity index (χ3v) is 11.5. The van der Waals surface area contributed by atoms with Crippen molar-refractivity contribution in [1.82, 2.24) is 0 Å². The van der Waals surface area contributed by atoms with Crippen molar-refractivity contribution in [1.29, 1.82) is 0 Å². The number of hydrogen-bond acceptors (Lipinski definition) is 3. The summed E-state index contributed by atoms with van der Waals surface area (Å²) in [5.41, 5.74) is 1.47. The summed E-state index contributed by atoms with van der Waals surface area (Å²) < 4.78 is 19.3. The minimum absolute atomic E-state index is 0.124. The lowest BCUT2D eigenvalue weighted by molar-refractivity contribution is 0.00578. The Bertz CT molecular complexity index is 720. The van der Waals surface area contributed by atoms with E-state index in [1.165, 1.54) is 18.4 Å². The molecule has 1 saturated heterocycles. The minimum Gasteiger partial charge on any atom is -0.543 e. The van der Waals surface area contributed by atoms with Gasteiger partial charge in [-0.15, -0.1) is 0 Å². The molecule has 0 radical (unpaired) electrons. The molecule has 1 heterocycles. The highest BCUT2D eigenvalue weighted by molar-refractivity contribution is 6.74.